The van der Waals surface area contributed by atoms with Crippen molar-refractivity contribution >= 4 is 5.83 Å². The van der Waals surface area contributed by atoms with Gasteiger partial charge in [-0.1, -0.05) is 94.5 Å². The van der Waals surface area contributed by atoms with Gasteiger partial charge in [0.25, 0.3) is 0 Å². The summed E-state index contributed by atoms with van der Waals surface area (Å²) in [5, 5.41) is 0. The zero-order valence-electron chi connectivity index (χ0n) is 19.4. The lowest BCUT2D eigenvalue weighted by Gasteiger charge is -2.38. The number of unbranched alkanes of at least 4 members (excludes halogenated alkanes) is 1. The van der Waals surface area contributed by atoms with E-state index in [1.165, 1.54) is 62.5 Å². The van der Waals surface area contributed by atoms with Crippen LogP contribution in [0.25, 0.3) is 5.83 Å². The van der Waals surface area contributed by atoms with Crippen LogP contribution >= 0.6 is 0 Å². The van der Waals surface area contributed by atoms with Crippen molar-refractivity contribution in [1.29, 1.82) is 0 Å². The van der Waals surface area contributed by atoms with Crippen molar-refractivity contribution < 1.29 is 8.78 Å². The molecule has 0 radical (unpaired) electrons. The summed E-state index contributed by atoms with van der Waals surface area (Å²) in [6.45, 7) is 4.14. The Balaban J connectivity index is 1.62. The molecule has 0 saturated heterocycles. The second-order valence-corrected chi connectivity index (χ2v) is 9.31. The lowest BCUT2D eigenvalue weighted by atomic mass is 9.66. The van der Waals surface area contributed by atoms with Crippen LogP contribution in [0.5, 0.6) is 0 Å². The fraction of sp³-hybridized carbons (Fsp3) is 0.517. The third-order valence-electron chi connectivity index (χ3n) is 7.00. The number of rotatable bonds is 10. The van der Waals surface area contributed by atoms with Crippen molar-refractivity contribution in [2.45, 2.75) is 96.3 Å². The van der Waals surface area contributed by atoms with E-state index in [-0.39, 0.29) is 6.42 Å². The van der Waals surface area contributed by atoms with Crippen LogP contribution in [0.2, 0.25) is 0 Å². The van der Waals surface area contributed by atoms with Crippen molar-refractivity contribution in [3.05, 3.63) is 76.6 Å². The predicted molar refractivity (Wildman–Crippen MR) is 129 cm³/mol. The van der Waals surface area contributed by atoms with Gasteiger partial charge in [0, 0.05) is 12.0 Å². The summed E-state index contributed by atoms with van der Waals surface area (Å²) in [4.78, 5) is 0. The molecule has 2 heteroatoms. The van der Waals surface area contributed by atoms with E-state index in [4.69, 9.17) is 0 Å². The van der Waals surface area contributed by atoms with Gasteiger partial charge in [0.1, 0.15) is 5.83 Å². The average molecular weight is 425 g/mol. The largest absolute Gasteiger partial charge is 0.209 e. The molecule has 0 unspecified atom stereocenters. The number of aryl methyl sites for hydroxylation is 2. The predicted octanol–water partition coefficient (Wildman–Crippen LogP) is 9.27. The molecule has 0 nitrogen and oxygen atoms in total. The molecule has 2 aromatic rings. The molecule has 0 bridgehead atoms. The van der Waals surface area contributed by atoms with E-state index in [1.54, 1.807) is 12.1 Å². The van der Waals surface area contributed by atoms with E-state index in [0.717, 1.165) is 18.4 Å². The van der Waals surface area contributed by atoms with Gasteiger partial charge in [-0.2, -0.15) is 0 Å². The van der Waals surface area contributed by atoms with Crippen LogP contribution < -0.4 is 0 Å². The van der Waals surface area contributed by atoms with Gasteiger partial charge < -0.3 is 0 Å². The quantitative estimate of drug-likeness (QED) is 0.356. The molecule has 0 aliphatic heterocycles. The molecule has 0 heterocycles. The molecule has 0 spiro atoms. The Morgan fingerprint density at radius 3 is 1.90 bits per heavy atom. The second kappa shape index (κ2) is 11.6. The van der Waals surface area contributed by atoms with Crippen LogP contribution in [0.4, 0.5) is 8.78 Å². The molecule has 1 aliphatic rings. The summed E-state index contributed by atoms with van der Waals surface area (Å²) in [6.07, 6.45) is 13.3. The standard InChI is InChI=1S/C29H38F2/c1-3-5-20-29(21-7-6-8-22-29)26-18-14-24(15-19-26)11-10-23-12-16-25(17-13-23)28(31)27(30)9-4-2/h12-19H,3-11,20-22H2,1-2H3. The highest BCUT2D eigenvalue weighted by molar-refractivity contribution is 5.61. The maximum atomic E-state index is 14.1. The van der Waals surface area contributed by atoms with E-state index in [1.807, 2.05) is 19.1 Å². The van der Waals surface area contributed by atoms with Gasteiger partial charge in [-0.3, -0.25) is 0 Å². The molecular formula is C29H38F2. The minimum atomic E-state index is -0.719. The first-order chi connectivity index (χ1) is 15.1. The number of benzene rings is 2. The third-order valence-corrected chi connectivity index (χ3v) is 7.00. The molecule has 1 saturated carbocycles. The molecular weight excluding hydrogens is 386 g/mol. The van der Waals surface area contributed by atoms with Crippen LogP contribution in [0, 0.1) is 0 Å². The van der Waals surface area contributed by atoms with Gasteiger partial charge in [0.15, 0.2) is 5.83 Å². The number of halogens is 2. The van der Waals surface area contributed by atoms with E-state index in [2.05, 4.69) is 31.2 Å². The van der Waals surface area contributed by atoms with Gasteiger partial charge in [0.05, 0.1) is 0 Å². The summed E-state index contributed by atoms with van der Waals surface area (Å²) in [5.41, 5.74) is 4.76. The van der Waals surface area contributed by atoms with Gasteiger partial charge in [-0.05, 0) is 60.6 Å². The molecule has 0 atom stereocenters. The smallest absolute Gasteiger partial charge is 0.161 e. The zero-order chi connectivity index (χ0) is 22.1. The summed E-state index contributed by atoms with van der Waals surface area (Å²) in [7, 11) is 0. The molecule has 168 valence electrons. The monoisotopic (exact) mass is 424 g/mol. The van der Waals surface area contributed by atoms with Crippen molar-refractivity contribution in [2.24, 2.45) is 0 Å². The van der Waals surface area contributed by atoms with E-state index in [9.17, 15) is 8.78 Å². The van der Waals surface area contributed by atoms with Crippen LogP contribution in [-0.4, -0.2) is 0 Å². The van der Waals surface area contributed by atoms with Gasteiger partial charge >= 0.3 is 0 Å². The van der Waals surface area contributed by atoms with Gasteiger partial charge in [-0.25, -0.2) is 8.78 Å². The number of allylic oxidation sites excluding steroid dienone is 1. The van der Waals surface area contributed by atoms with Crippen molar-refractivity contribution in [2.75, 3.05) is 0 Å². The molecule has 3 rings (SSSR count). The van der Waals surface area contributed by atoms with Crippen molar-refractivity contribution in [1.82, 2.24) is 0 Å². The topological polar surface area (TPSA) is 0 Å². The Bertz CT molecular complexity index is 824. The van der Waals surface area contributed by atoms with Crippen LogP contribution in [0.15, 0.2) is 54.4 Å². The summed E-state index contributed by atoms with van der Waals surface area (Å²) >= 11 is 0. The average Bonchev–Trinajstić information content (AvgIpc) is 2.82. The van der Waals surface area contributed by atoms with Gasteiger partial charge in [-0.15, -0.1) is 0 Å². The van der Waals surface area contributed by atoms with Crippen LogP contribution in [0.1, 0.15) is 100 Å². The summed E-state index contributed by atoms with van der Waals surface area (Å²) in [6, 6.07) is 16.6. The lowest BCUT2D eigenvalue weighted by Crippen LogP contribution is -2.29. The zero-order valence-corrected chi connectivity index (χ0v) is 19.4. The molecule has 2 aromatic carbocycles. The number of hydrogen-bond acceptors (Lipinski definition) is 0. The SMILES string of the molecule is CCCCC1(c2ccc(CCc3ccc(C(F)=C(F)CCC)cc3)cc2)CCCCC1. The van der Waals surface area contributed by atoms with Crippen molar-refractivity contribution in [3.63, 3.8) is 0 Å². The molecule has 1 fully saturated rings. The molecule has 0 N–H and O–H groups in total. The highest BCUT2D eigenvalue weighted by Crippen LogP contribution is 2.43. The fourth-order valence-electron chi connectivity index (χ4n) is 5.04. The lowest BCUT2D eigenvalue weighted by molar-refractivity contribution is 0.267. The first kappa shape index (κ1) is 23.7. The fourth-order valence-corrected chi connectivity index (χ4v) is 5.04. The summed E-state index contributed by atoms with van der Waals surface area (Å²) in [5.74, 6) is -1.37. The third kappa shape index (κ3) is 6.28. The highest BCUT2D eigenvalue weighted by Gasteiger charge is 2.32. The Labute approximate surface area is 187 Å². The minimum absolute atomic E-state index is 0.156. The highest BCUT2D eigenvalue weighted by atomic mass is 19.2. The molecule has 0 amide bonds. The number of hydrogen-bond donors (Lipinski definition) is 0. The van der Waals surface area contributed by atoms with Crippen LogP contribution in [-0.2, 0) is 18.3 Å². The molecule has 1 aliphatic carbocycles. The van der Waals surface area contributed by atoms with Crippen molar-refractivity contribution in [3.8, 4) is 0 Å². The van der Waals surface area contributed by atoms with Gasteiger partial charge in [0.2, 0.25) is 0 Å². The first-order valence-electron chi connectivity index (χ1n) is 12.3. The normalized spacial score (nSPS) is 16.8. The van der Waals surface area contributed by atoms with Crippen LogP contribution in [0.3, 0.4) is 0 Å². The molecule has 0 aromatic heterocycles. The summed E-state index contributed by atoms with van der Waals surface area (Å²) < 4.78 is 27.8. The minimum Gasteiger partial charge on any atom is -0.209 e. The Morgan fingerprint density at radius 1 is 0.774 bits per heavy atom. The molecule has 31 heavy (non-hydrogen) atoms. The maximum Gasteiger partial charge on any atom is 0.161 e. The first-order valence-corrected chi connectivity index (χ1v) is 12.3. The second-order valence-electron chi connectivity index (χ2n) is 9.31. The Hall–Kier alpha value is -1.96. The van der Waals surface area contributed by atoms with E-state index >= 15 is 0 Å². The Kier molecular flexibility index (Phi) is 8.87. The Morgan fingerprint density at radius 2 is 1.35 bits per heavy atom. The van der Waals surface area contributed by atoms with E-state index < -0.39 is 11.7 Å². The maximum absolute atomic E-state index is 14.1. The van der Waals surface area contributed by atoms with E-state index in [0.29, 0.717) is 17.4 Å².